The number of carboxylic acids is 1. The number of thioether (sulfide) groups is 1. The molecule has 1 unspecified atom stereocenters. The van der Waals surface area contributed by atoms with E-state index in [9.17, 15) is 4.79 Å². The summed E-state index contributed by atoms with van der Waals surface area (Å²) in [6.07, 6.45) is -0.290. The molecule has 24 heavy (non-hydrogen) atoms. The van der Waals surface area contributed by atoms with Crippen LogP contribution in [0.1, 0.15) is 45.2 Å². The standard InChI is InChI=1S/C17H23N3O3S/c1-11(15-18-19-16(20(15)5)24-10-14(21)22)23-13-8-6-12(7-9-13)17(2,3)4/h6-9,11H,10H2,1-5H3,(H,21,22). The third kappa shape index (κ3) is 4.50. The highest BCUT2D eigenvalue weighted by Crippen LogP contribution is 2.27. The molecule has 0 amide bonds. The molecule has 6 nitrogen and oxygen atoms in total. The molecule has 0 saturated carbocycles. The minimum atomic E-state index is -0.882. The Labute approximate surface area is 146 Å². The zero-order valence-corrected chi connectivity index (χ0v) is 15.4. The molecule has 1 atom stereocenters. The van der Waals surface area contributed by atoms with Gasteiger partial charge in [0.25, 0.3) is 0 Å². The van der Waals surface area contributed by atoms with Crippen LogP contribution in [0.15, 0.2) is 29.4 Å². The van der Waals surface area contributed by atoms with Crippen LogP contribution >= 0.6 is 11.8 Å². The van der Waals surface area contributed by atoms with E-state index in [-0.39, 0.29) is 17.3 Å². The predicted molar refractivity (Wildman–Crippen MR) is 93.5 cm³/mol. The van der Waals surface area contributed by atoms with Crippen LogP contribution in [0.25, 0.3) is 0 Å². The second-order valence-corrected chi connectivity index (χ2v) is 7.56. The van der Waals surface area contributed by atoms with Gasteiger partial charge < -0.3 is 14.4 Å². The van der Waals surface area contributed by atoms with Gasteiger partial charge in [-0.15, -0.1) is 10.2 Å². The van der Waals surface area contributed by atoms with Crippen molar-refractivity contribution in [2.75, 3.05) is 5.75 Å². The summed E-state index contributed by atoms with van der Waals surface area (Å²) in [5.41, 5.74) is 1.35. The summed E-state index contributed by atoms with van der Waals surface area (Å²) in [6, 6.07) is 8.03. The number of aliphatic carboxylic acids is 1. The molecule has 0 saturated heterocycles. The Morgan fingerprint density at radius 3 is 2.46 bits per heavy atom. The number of ether oxygens (including phenoxy) is 1. The lowest BCUT2D eigenvalue weighted by Gasteiger charge is -2.20. The molecular formula is C17H23N3O3S. The van der Waals surface area contributed by atoms with Crippen LogP contribution in [0, 0.1) is 0 Å². The first-order valence-electron chi connectivity index (χ1n) is 7.69. The average Bonchev–Trinajstić information content (AvgIpc) is 2.86. The SMILES string of the molecule is CC(Oc1ccc(C(C)(C)C)cc1)c1nnc(SCC(=O)O)n1C. The summed E-state index contributed by atoms with van der Waals surface area (Å²) < 4.78 is 7.70. The summed E-state index contributed by atoms with van der Waals surface area (Å²) in [5, 5.41) is 17.5. The van der Waals surface area contributed by atoms with Crippen molar-refractivity contribution >= 4 is 17.7 Å². The molecule has 1 N–H and O–H groups in total. The van der Waals surface area contributed by atoms with Crippen LogP contribution in [-0.4, -0.2) is 31.6 Å². The van der Waals surface area contributed by atoms with Gasteiger partial charge in [0, 0.05) is 7.05 Å². The largest absolute Gasteiger partial charge is 0.483 e. The van der Waals surface area contributed by atoms with Crippen molar-refractivity contribution in [3.63, 3.8) is 0 Å². The van der Waals surface area contributed by atoms with Crippen molar-refractivity contribution in [2.45, 2.75) is 44.4 Å². The molecule has 2 aromatic rings. The maximum Gasteiger partial charge on any atom is 0.313 e. The van der Waals surface area contributed by atoms with Gasteiger partial charge in [0.15, 0.2) is 17.1 Å². The molecule has 2 rings (SSSR count). The lowest BCUT2D eigenvalue weighted by Crippen LogP contribution is -2.12. The van der Waals surface area contributed by atoms with E-state index in [0.29, 0.717) is 11.0 Å². The van der Waals surface area contributed by atoms with Crippen molar-refractivity contribution in [2.24, 2.45) is 7.05 Å². The first kappa shape index (κ1) is 18.3. The Kier molecular flexibility index (Phi) is 5.54. The molecule has 1 heterocycles. The monoisotopic (exact) mass is 349 g/mol. The van der Waals surface area contributed by atoms with E-state index >= 15 is 0 Å². The number of carbonyl (C=O) groups is 1. The number of rotatable bonds is 6. The van der Waals surface area contributed by atoms with Crippen LogP contribution < -0.4 is 4.74 Å². The molecule has 0 aliphatic carbocycles. The maximum atomic E-state index is 10.7. The van der Waals surface area contributed by atoms with Crippen LogP contribution in [-0.2, 0) is 17.3 Å². The van der Waals surface area contributed by atoms with E-state index in [2.05, 4.69) is 43.1 Å². The van der Waals surface area contributed by atoms with E-state index in [1.807, 2.05) is 26.1 Å². The zero-order valence-electron chi connectivity index (χ0n) is 14.6. The molecule has 0 fully saturated rings. The van der Waals surface area contributed by atoms with Gasteiger partial charge >= 0.3 is 5.97 Å². The molecule has 0 aliphatic rings. The topological polar surface area (TPSA) is 77.2 Å². The van der Waals surface area contributed by atoms with Crippen LogP contribution in [0.3, 0.4) is 0 Å². The lowest BCUT2D eigenvalue weighted by atomic mass is 9.87. The summed E-state index contributed by atoms with van der Waals surface area (Å²) in [6.45, 7) is 8.40. The first-order valence-corrected chi connectivity index (χ1v) is 8.68. The summed E-state index contributed by atoms with van der Waals surface area (Å²) in [7, 11) is 1.81. The Bertz CT molecular complexity index is 705. The zero-order chi connectivity index (χ0) is 17.9. The smallest absolute Gasteiger partial charge is 0.313 e. The minimum Gasteiger partial charge on any atom is -0.483 e. The molecule has 7 heteroatoms. The van der Waals surface area contributed by atoms with Crippen molar-refractivity contribution in [1.29, 1.82) is 0 Å². The van der Waals surface area contributed by atoms with Crippen molar-refractivity contribution in [3.8, 4) is 5.75 Å². The van der Waals surface area contributed by atoms with E-state index in [4.69, 9.17) is 9.84 Å². The predicted octanol–water partition coefficient (Wildman–Crippen LogP) is 3.43. The van der Waals surface area contributed by atoms with Gasteiger partial charge in [-0.25, -0.2) is 0 Å². The van der Waals surface area contributed by atoms with E-state index in [1.54, 1.807) is 4.57 Å². The van der Waals surface area contributed by atoms with Gasteiger partial charge in [0.1, 0.15) is 5.75 Å². The first-order chi connectivity index (χ1) is 11.2. The van der Waals surface area contributed by atoms with Crippen LogP contribution in [0.2, 0.25) is 0 Å². The lowest BCUT2D eigenvalue weighted by molar-refractivity contribution is -0.133. The number of hydrogen-bond donors (Lipinski definition) is 1. The number of hydrogen-bond acceptors (Lipinski definition) is 5. The second kappa shape index (κ2) is 7.25. The van der Waals surface area contributed by atoms with Crippen molar-refractivity contribution in [1.82, 2.24) is 14.8 Å². The average molecular weight is 349 g/mol. The molecule has 0 aliphatic heterocycles. The van der Waals surface area contributed by atoms with Gasteiger partial charge in [-0.05, 0) is 30.0 Å². The summed E-state index contributed by atoms with van der Waals surface area (Å²) in [5.74, 6) is 0.490. The Hall–Kier alpha value is -2.02. The van der Waals surface area contributed by atoms with Crippen molar-refractivity contribution in [3.05, 3.63) is 35.7 Å². The van der Waals surface area contributed by atoms with E-state index < -0.39 is 5.97 Å². The summed E-state index contributed by atoms with van der Waals surface area (Å²) in [4.78, 5) is 10.7. The van der Waals surface area contributed by atoms with Gasteiger partial charge in [-0.1, -0.05) is 44.7 Å². The third-order valence-corrected chi connectivity index (χ3v) is 4.60. The normalized spacial score (nSPS) is 12.9. The fourth-order valence-electron chi connectivity index (χ4n) is 2.22. The van der Waals surface area contributed by atoms with Gasteiger partial charge in [0.2, 0.25) is 0 Å². The molecule has 0 spiro atoms. The molecule has 130 valence electrons. The molecule has 1 aromatic heterocycles. The van der Waals surface area contributed by atoms with Crippen LogP contribution in [0.4, 0.5) is 0 Å². The Morgan fingerprint density at radius 1 is 1.29 bits per heavy atom. The highest BCUT2D eigenvalue weighted by atomic mass is 32.2. The van der Waals surface area contributed by atoms with Crippen molar-refractivity contribution < 1.29 is 14.6 Å². The Morgan fingerprint density at radius 2 is 1.92 bits per heavy atom. The minimum absolute atomic E-state index is 0.0462. The fraction of sp³-hybridized carbons (Fsp3) is 0.471. The number of carboxylic acid groups (broad SMARTS) is 1. The van der Waals surface area contributed by atoms with E-state index in [0.717, 1.165) is 17.5 Å². The quantitative estimate of drug-likeness (QED) is 0.805. The summed E-state index contributed by atoms with van der Waals surface area (Å²) >= 11 is 1.14. The maximum absolute atomic E-state index is 10.7. The van der Waals surface area contributed by atoms with Gasteiger partial charge in [0.05, 0.1) is 5.75 Å². The number of nitrogens with zero attached hydrogens (tertiary/aromatic N) is 3. The van der Waals surface area contributed by atoms with E-state index in [1.165, 1.54) is 5.56 Å². The number of aromatic nitrogens is 3. The molecule has 1 aromatic carbocycles. The van der Waals surface area contributed by atoms with Gasteiger partial charge in [-0.2, -0.15) is 0 Å². The second-order valence-electron chi connectivity index (χ2n) is 6.62. The Balaban J connectivity index is 2.07. The molecular weight excluding hydrogens is 326 g/mol. The highest BCUT2D eigenvalue weighted by Gasteiger charge is 2.18. The van der Waals surface area contributed by atoms with Crippen LogP contribution in [0.5, 0.6) is 5.75 Å². The molecule has 0 bridgehead atoms. The van der Waals surface area contributed by atoms with Gasteiger partial charge in [-0.3, -0.25) is 4.79 Å². The third-order valence-electron chi connectivity index (χ3n) is 3.59. The fourth-order valence-corrected chi connectivity index (χ4v) is 2.86. The highest BCUT2D eigenvalue weighted by molar-refractivity contribution is 7.99. The molecule has 0 radical (unpaired) electrons. The number of benzene rings is 1.